The van der Waals surface area contributed by atoms with Gasteiger partial charge in [-0.3, -0.25) is 29.7 Å². The maximum absolute atomic E-state index is 12.5. The van der Waals surface area contributed by atoms with Gasteiger partial charge < -0.3 is 0 Å². The van der Waals surface area contributed by atoms with E-state index >= 15 is 0 Å². The van der Waals surface area contributed by atoms with E-state index in [1.54, 1.807) is 5.10 Å². The Morgan fingerprint density at radius 1 is 1.22 bits per heavy atom. The van der Waals surface area contributed by atoms with Gasteiger partial charge in [-0.25, -0.2) is 0 Å². The molecule has 2 aromatic rings. The van der Waals surface area contributed by atoms with Crippen molar-refractivity contribution >= 4 is 23.7 Å². The summed E-state index contributed by atoms with van der Waals surface area (Å²) < 4.78 is 37.5. The summed E-state index contributed by atoms with van der Waals surface area (Å²) in [5.41, 5.74) is 0.255. The maximum atomic E-state index is 12.5. The Morgan fingerprint density at radius 3 is 2.56 bits per heavy atom. The molecule has 0 aliphatic carbocycles. The average Bonchev–Trinajstić information content (AvgIpc) is 3.17. The number of aromatic amines is 1. The number of nitrogens with one attached hydrogen (secondary N) is 2. The van der Waals surface area contributed by atoms with E-state index in [1.165, 1.54) is 18.2 Å². The van der Waals surface area contributed by atoms with Crippen LogP contribution in [-0.4, -0.2) is 44.3 Å². The highest BCUT2D eigenvalue weighted by Gasteiger charge is 2.36. The summed E-state index contributed by atoms with van der Waals surface area (Å²) in [7, 11) is 0. The lowest BCUT2D eigenvalue weighted by Gasteiger charge is -2.12. The van der Waals surface area contributed by atoms with E-state index in [-0.39, 0.29) is 23.2 Å². The topological polar surface area (TPSA) is 108 Å². The van der Waals surface area contributed by atoms with E-state index in [0.29, 0.717) is 6.42 Å². The molecule has 8 nitrogen and oxygen atoms in total. The molecule has 27 heavy (non-hydrogen) atoms. The Morgan fingerprint density at radius 2 is 1.93 bits per heavy atom. The number of hydrogen-bond acceptors (Lipinski definition) is 5. The van der Waals surface area contributed by atoms with Gasteiger partial charge in [0.25, 0.3) is 17.7 Å². The van der Waals surface area contributed by atoms with Gasteiger partial charge in [0.05, 0.1) is 11.1 Å². The second-order valence-corrected chi connectivity index (χ2v) is 5.84. The zero-order valence-electron chi connectivity index (χ0n) is 14.1. The molecule has 0 fully saturated rings. The monoisotopic (exact) mass is 381 g/mol. The second kappa shape index (κ2) is 6.82. The minimum absolute atomic E-state index is 0.00870. The number of hydrogen-bond donors (Lipinski definition) is 2. The van der Waals surface area contributed by atoms with E-state index < -0.39 is 35.7 Å². The van der Waals surface area contributed by atoms with Gasteiger partial charge in [0, 0.05) is 12.1 Å². The highest BCUT2D eigenvalue weighted by atomic mass is 19.4. The van der Waals surface area contributed by atoms with Gasteiger partial charge in [0.15, 0.2) is 0 Å². The minimum atomic E-state index is -4.72. The fourth-order valence-electron chi connectivity index (χ4n) is 2.57. The van der Waals surface area contributed by atoms with Crippen LogP contribution in [0.5, 0.6) is 0 Å². The van der Waals surface area contributed by atoms with Gasteiger partial charge in [-0.2, -0.15) is 18.2 Å². The summed E-state index contributed by atoms with van der Waals surface area (Å²) in [4.78, 5) is 41.1. The first-order valence-electron chi connectivity index (χ1n) is 8.03. The summed E-state index contributed by atoms with van der Waals surface area (Å²) >= 11 is 0. The number of carbonyl (C=O) groups excluding carboxylic acids is 3. The van der Waals surface area contributed by atoms with Crippen LogP contribution in [0.3, 0.4) is 0 Å². The lowest BCUT2D eigenvalue weighted by Crippen LogP contribution is -2.30. The van der Waals surface area contributed by atoms with Crippen molar-refractivity contribution in [2.24, 2.45) is 0 Å². The van der Waals surface area contributed by atoms with Gasteiger partial charge in [-0.15, -0.1) is 5.10 Å². The lowest BCUT2D eigenvalue weighted by molar-refractivity contribution is -0.144. The summed E-state index contributed by atoms with van der Waals surface area (Å²) in [6.07, 6.45) is -3.26. The van der Waals surface area contributed by atoms with Gasteiger partial charge in [-0.05, 0) is 24.6 Å². The SMILES string of the molecule is CCCCN1C(=O)c2ccc(C(=O)Nc3n[nH]c(C(F)(F)F)n3)cc2C1=O. The minimum Gasteiger partial charge on any atom is -0.289 e. The number of H-pyrrole nitrogens is 1. The third kappa shape index (κ3) is 3.52. The summed E-state index contributed by atoms with van der Waals surface area (Å²) in [6.45, 7) is 2.20. The molecule has 1 aliphatic rings. The lowest BCUT2D eigenvalue weighted by atomic mass is 10.1. The molecule has 1 aromatic heterocycles. The number of aromatic nitrogens is 3. The van der Waals surface area contributed by atoms with E-state index in [0.717, 1.165) is 11.3 Å². The van der Waals surface area contributed by atoms with Gasteiger partial charge >= 0.3 is 6.18 Å². The number of anilines is 1. The molecular formula is C16H14F3N5O3. The molecule has 2 heterocycles. The Labute approximate surface area is 150 Å². The number of amides is 3. The van der Waals surface area contributed by atoms with Crippen molar-refractivity contribution in [3.8, 4) is 0 Å². The number of benzene rings is 1. The average molecular weight is 381 g/mol. The molecule has 3 amide bonds. The van der Waals surface area contributed by atoms with Crippen LogP contribution in [0.15, 0.2) is 18.2 Å². The van der Waals surface area contributed by atoms with Crippen molar-refractivity contribution in [2.75, 3.05) is 11.9 Å². The quantitative estimate of drug-likeness (QED) is 0.774. The second-order valence-electron chi connectivity index (χ2n) is 5.84. The van der Waals surface area contributed by atoms with Crippen molar-refractivity contribution in [3.05, 3.63) is 40.7 Å². The number of rotatable bonds is 5. The van der Waals surface area contributed by atoms with Crippen molar-refractivity contribution in [1.82, 2.24) is 20.1 Å². The zero-order valence-corrected chi connectivity index (χ0v) is 14.1. The number of alkyl halides is 3. The molecule has 11 heteroatoms. The van der Waals surface area contributed by atoms with E-state index in [1.807, 2.05) is 6.92 Å². The molecule has 0 spiro atoms. The van der Waals surface area contributed by atoms with Crippen LogP contribution < -0.4 is 5.32 Å². The zero-order chi connectivity index (χ0) is 19.8. The Kier molecular flexibility index (Phi) is 4.68. The Hall–Kier alpha value is -3.24. The molecule has 0 saturated carbocycles. The predicted octanol–water partition coefficient (Wildman–Crippen LogP) is 2.47. The standard InChI is InChI=1S/C16H14F3N5O3/c1-2-3-6-24-12(26)9-5-4-8(7-10(9)13(24)27)11(25)20-15-21-14(22-23-15)16(17,18)19/h4-5,7H,2-3,6H2,1H3,(H2,20,21,22,23,25). The largest absolute Gasteiger partial charge is 0.451 e. The van der Waals surface area contributed by atoms with Crippen molar-refractivity contribution < 1.29 is 27.6 Å². The summed E-state index contributed by atoms with van der Waals surface area (Å²) in [5, 5.41) is 7.06. The molecule has 3 rings (SSSR count). The molecule has 0 saturated heterocycles. The highest BCUT2D eigenvalue weighted by molar-refractivity contribution is 6.22. The fourth-order valence-corrected chi connectivity index (χ4v) is 2.57. The van der Waals surface area contributed by atoms with Crippen molar-refractivity contribution in [3.63, 3.8) is 0 Å². The van der Waals surface area contributed by atoms with E-state index in [9.17, 15) is 27.6 Å². The molecule has 1 aliphatic heterocycles. The smallest absolute Gasteiger partial charge is 0.289 e. The number of carbonyl (C=O) groups is 3. The molecule has 0 unspecified atom stereocenters. The first kappa shape index (κ1) is 18.5. The molecule has 142 valence electrons. The van der Waals surface area contributed by atoms with Gasteiger partial charge in [-0.1, -0.05) is 13.3 Å². The van der Waals surface area contributed by atoms with Crippen LogP contribution >= 0.6 is 0 Å². The van der Waals surface area contributed by atoms with E-state index in [4.69, 9.17) is 0 Å². The van der Waals surface area contributed by atoms with Crippen LogP contribution in [0.4, 0.5) is 19.1 Å². The van der Waals surface area contributed by atoms with Gasteiger partial charge in [0.1, 0.15) is 0 Å². The molecule has 0 atom stereocenters. The molecule has 1 aromatic carbocycles. The third-order valence-corrected chi connectivity index (χ3v) is 3.95. The van der Waals surface area contributed by atoms with E-state index in [2.05, 4.69) is 15.4 Å². The van der Waals surface area contributed by atoms with Crippen LogP contribution in [0.1, 0.15) is 56.7 Å². The van der Waals surface area contributed by atoms with Crippen molar-refractivity contribution in [2.45, 2.75) is 25.9 Å². The number of nitrogens with zero attached hydrogens (tertiary/aromatic N) is 3. The van der Waals surface area contributed by atoms with Gasteiger partial charge in [0.2, 0.25) is 11.8 Å². The first-order chi connectivity index (χ1) is 12.7. The third-order valence-electron chi connectivity index (χ3n) is 3.95. The van der Waals surface area contributed by atoms with Crippen LogP contribution in [0.2, 0.25) is 0 Å². The van der Waals surface area contributed by atoms with Crippen LogP contribution in [0, 0.1) is 0 Å². The summed E-state index contributed by atoms with van der Waals surface area (Å²) in [6, 6.07) is 3.88. The molecular weight excluding hydrogens is 367 g/mol. The maximum Gasteiger partial charge on any atom is 0.451 e. The molecule has 0 radical (unpaired) electrons. The fraction of sp³-hybridized carbons (Fsp3) is 0.312. The number of halogens is 3. The van der Waals surface area contributed by atoms with Crippen LogP contribution in [0.25, 0.3) is 0 Å². The number of unbranched alkanes of at least 4 members (excludes halogenated alkanes) is 1. The van der Waals surface area contributed by atoms with Crippen LogP contribution in [-0.2, 0) is 6.18 Å². The Bertz CT molecular complexity index is 922. The normalized spacial score (nSPS) is 13.9. The molecule has 0 bridgehead atoms. The summed E-state index contributed by atoms with van der Waals surface area (Å²) in [5.74, 6) is -3.65. The first-order valence-corrected chi connectivity index (χ1v) is 8.03. The van der Waals surface area contributed by atoms with Crippen molar-refractivity contribution in [1.29, 1.82) is 0 Å². The Balaban J connectivity index is 1.79. The number of fused-ring (bicyclic) bond motifs is 1. The molecule has 2 N–H and O–H groups in total. The number of imide groups is 1. The highest BCUT2D eigenvalue weighted by Crippen LogP contribution is 2.27. The predicted molar refractivity (Wildman–Crippen MR) is 86.1 cm³/mol.